The highest BCUT2D eigenvalue weighted by molar-refractivity contribution is 7.89. The van der Waals surface area contributed by atoms with Crippen molar-refractivity contribution < 1.29 is 26.4 Å². The third-order valence-corrected chi connectivity index (χ3v) is 5.96. The first kappa shape index (κ1) is 22.5. The van der Waals surface area contributed by atoms with Gasteiger partial charge in [0.15, 0.2) is 0 Å². The molecule has 31 heavy (non-hydrogen) atoms. The molecule has 0 saturated heterocycles. The van der Waals surface area contributed by atoms with E-state index in [0.29, 0.717) is 0 Å². The number of rotatable bonds is 7. The quantitative estimate of drug-likeness (QED) is 0.576. The number of carbonyl (C=O) groups is 1. The molecule has 0 aliphatic heterocycles. The zero-order chi connectivity index (χ0) is 22.6. The largest absolute Gasteiger partial charge is 0.405 e. The van der Waals surface area contributed by atoms with Crippen molar-refractivity contribution in [1.29, 1.82) is 0 Å². The van der Waals surface area contributed by atoms with Gasteiger partial charge in [0.2, 0.25) is 10.0 Å². The minimum absolute atomic E-state index is 0.0775. The van der Waals surface area contributed by atoms with Crippen LogP contribution >= 0.6 is 0 Å². The van der Waals surface area contributed by atoms with E-state index in [9.17, 15) is 26.4 Å². The molecule has 0 aliphatic rings. The van der Waals surface area contributed by atoms with Crippen LogP contribution in [0.2, 0.25) is 0 Å². The van der Waals surface area contributed by atoms with Gasteiger partial charge in [0.25, 0.3) is 5.91 Å². The molecular formula is C20H19F3N4O3S. The van der Waals surface area contributed by atoms with E-state index in [4.69, 9.17) is 0 Å². The Balaban J connectivity index is 1.66. The summed E-state index contributed by atoms with van der Waals surface area (Å²) in [6.45, 7) is 0.216. The van der Waals surface area contributed by atoms with E-state index in [2.05, 4.69) is 9.71 Å². The lowest BCUT2D eigenvalue weighted by Crippen LogP contribution is -2.33. The summed E-state index contributed by atoms with van der Waals surface area (Å²) in [5.74, 6) is -0.944. The fourth-order valence-electron chi connectivity index (χ4n) is 2.78. The molecule has 0 saturated carbocycles. The van der Waals surface area contributed by atoms with E-state index < -0.39 is 34.7 Å². The van der Waals surface area contributed by atoms with Crippen LogP contribution in [0.3, 0.4) is 0 Å². The van der Waals surface area contributed by atoms with Gasteiger partial charge < -0.3 is 9.88 Å². The molecular weight excluding hydrogens is 433 g/mol. The SMILES string of the molecule is CC(NS(=O)(=O)c1ccc(C(=O)NCC(F)(F)F)cc1)c1ccc(-n2ccnc2)cc1. The molecule has 11 heteroatoms. The predicted molar refractivity (Wildman–Crippen MR) is 107 cm³/mol. The predicted octanol–water partition coefficient (Wildman–Crippen LogP) is 3.20. The molecule has 0 bridgehead atoms. The maximum atomic E-state index is 12.6. The minimum Gasteiger partial charge on any atom is -0.343 e. The summed E-state index contributed by atoms with van der Waals surface area (Å²) >= 11 is 0. The first-order chi connectivity index (χ1) is 14.5. The number of alkyl halides is 3. The number of imidazole rings is 1. The van der Waals surface area contributed by atoms with Crippen LogP contribution in [0.5, 0.6) is 0 Å². The molecule has 3 rings (SSSR count). The molecule has 0 radical (unpaired) electrons. The number of hydrogen-bond donors (Lipinski definition) is 2. The number of halogens is 3. The number of amides is 1. The summed E-state index contributed by atoms with van der Waals surface area (Å²) in [5, 5.41) is 1.73. The maximum Gasteiger partial charge on any atom is 0.405 e. The Morgan fingerprint density at radius 3 is 2.29 bits per heavy atom. The average Bonchev–Trinajstić information content (AvgIpc) is 3.26. The van der Waals surface area contributed by atoms with E-state index in [0.717, 1.165) is 23.4 Å². The van der Waals surface area contributed by atoms with E-state index >= 15 is 0 Å². The van der Waals surface area contributed by atoms with E-state index in [1.54, 1.807) is 43.1 Å². The van der Waals surface area contributed by atoms with Crippen LogP contribution in [0.25, 0.3) is 5.69 Å². The van der Waals surface area contributed by atoms with Crippen LogP contribution in [-0.4, -0.2) is 36.6 Å². The van der Waals surface area contributed by atoms with Crippen molar-refractivity contribution in [2.75, 3.05) is 6.54 Å². The monoisotopic (exact) mass is 452 g/mol. The molecule has 164 valence electrons. The fraction of sp³-hybridized carbons (Fsp3) is 0.200. The van der Waals surface area contributed by atoms with E-state index in [1.807, 2.05) is 16.7 Å². The van der Waals surface area contributed by atoms with Gasteiger partial charge in [0.1, 0.15) is 6.54 Å². The molecule has 2 aromatic carbocycles. The Morgan fingerprint density at radius 1 is 1.10 bits per heavy atom. The normalized spacial score (nSPS) is 13.0. The van der Waals surface area contributed by atoms with Crippen molar-refractivity contribution in [2.45, 2.75) is 24.0 Å². The van der Waals surface area contributed by atoms with Crippen molar-refractivity contribution in [1.82, 2.24) is 19.6 Å². The number of nitrogens with zero attached hydrogens (tertiary/aromatic N) is 2. The lowest BCUT2D eigenvalue weighted by atomic mass is 10.1. The van der Waals surface area contributed by atoms with Gasteiger partial charge in [-0.15, -0.1) is 0 Å². The van der Waals surface area contributed by atoms with Crippen molar-refractivity contribution in [3.05, 3.63) is 78.4 Å². The van der Waals surface area contributed by atoms with Gasteiger partial charge in [-0.3, -0.25) is 4.79 Å². The summed E-state index contributed by atoms with van der Waals surface area (Å²) in [6, 6.07) is 11.3. The third kappa shape index (κ3) is 5.92. The third-order valence-electron chi connectivity index (χ3n) is 4.40. The van der Waals surface area contributed by atoms with Gasteiger partial charge in [-0.25, -0.2) is 18.1 Å². The number of sulfonamides is 1. The van der Waals surface area contributed by atoms with Gasteiger partial charge in [0, 0.05) is 29.7 Å². The number of benzene rings is 2. The summed E-state index contributed by atoms with van der Waals surface area (Å²) in [5.41, 5.74) is 1.53. The lowest BCUT2D eigenvalue weighted by molar-refractivity contribution is -0.123. The molecule has 0 aliphatic carbocycles. The first-order valence-corrected chi connectivity index (χ1v) is 10.6. The Morgan fingerprint density at radius 2 is 1.74 bits per heavy atom. The highest BCUT2D eigenvalue weighted by Gasteiger charge is 2.28. The molecule has 0 fully saturated rings. The average molecular weight is 452 g/mol. The number of hydrogen-bond acceptors (Lipinski definition) is 4. The summed E-state index contributed by atoms with van der Waals surface area (Å²) in [4.78, 5) is 15.6. The summed E-state index contributed by atoms with van der Waals surface area (Å²) in [7, 11) is -3.92. The van der Waals surface area contributed by atoms with Gasteiger partial charge in [-0.1, -0.05) is 12.1 Å². The maximum absolute atomic E-state index is 12.6. The Bertz CT molecular complexity index is 1130. The summed E-state index contributed by atoms with van der Waals surface area (Å²) < 4.78 is 66.2. The highest BCUT2D eigenvalue weighted by Crippen LogP contribution is 2.19. The van der Waals surface area contributed by atoms with Crippen molar-refractivity contribution in [2.24, 2.45) is 0 Å². The standard InChI is InChI=1S/C20H19F3N4O3S/c1-14(15-2-6-17(7-3-15)27-11-10-24-13-27)26-31(29,30)18-8-4-16(5-9-18)19(28)25-12-20(21,22)23/h2-11,13-14,26H,12H2,1H3,(H,25,28). The Hall–Kier alpha value is -3.18. The molecule has 1 unspecified atom stereocenters. The number of carbonyl (C=O) groups excluding carboxylic acids is 1. The van der Waals surface area contributed by atoms with Crippen molar-refractivity contribution >= 4 is 15.9 Å². The molecule has 3 aromatic rings. The van der Waals surface area contributed by atoms with Crippen LogP contribution < -0.4 is 10.0 Å². The van der Waals surface area contributed by atoms with Crippen LogP contribution in [0.1, 0.15) is 28.9 Å². The molecule has 1 atom stereocenters. The van der Waals surface area contributed by atoms with Gasteiger partial charge in [0.05, 0.1) is 11.2 Å². The van der Waals surface area contributed by atoms with Gasteiger partial charge in [-0.2, -0.15) is 13.2 Å². The molecule has 1 aromatic heterocycles. The highest BCUT2D eigenvalue weighted by atomic mass is 32.2. The minimum atomic E-state index is -4.53. The van der Waals surface area contributed by atoms with Gasteiger partial charge >= 0.3 is 6.18 Å². The second-order valence-corrected chi connectivity index (χ2v) is 8.44. The van der Waals surface area contributed by atoms with Crippen LogP contribution in [0, 0.1) is 0 Å². The number of nitrogens with one attached hydrogen (secondary N) is 2. The fourth-order valence-corrected chi connectivity index (χ4v) is 4.02. The molecule has 1 amide bonds. The van der Waals surface area contributed by atoms with Crippen LogP contribution in [0.4, 0.5) is 13.2 Å². The first-order valence-electron chi connectivity index (χ1n) is 9.11. The van der Waals surface area contributed by atoms with Gasteiger partial charge in [-0.05, 0) is 48.9 Å². The van der Waals surface area contributed by atoms with Crippen molar-refractivity contribution in [3.8, 4) is 5.69 Å². The molecule has 2 N–H and O–H groups in total. The van der Waals surface area contributed by atoms with Crippen LogP contribution in [-0.2, 0) is 10.0 Å². The second kappa shape index (κ2) is 8.90. The Kier molecular flexibility index (Phi) is 6.46. The Labute approximate surface area is 177 Å². The topological polar surface area (TPSA) is 93.1 Å². The zero-order valence-electron chi connectivity index (χ0n) is 16.3. The zero-order valence-corrected chi connectivity index (χ0v) is 17.1. The number of aromatic nitrogens is 2. The van der Waals surface area contributed by atoms with E-state index in [1.165, 1.54) is 12.1 Å². The van der Waals surface area contributed by atoms with Crippen molar-refractivity contribution in [3.63, 3.8) is 0 Å². The molecule has 0 spiro atoms. The van der Waals surface area contributed by atoms with Crippen LogP contribution in [0.15, 0.2) is 72.1 Å². The van der Waals surface area contributed by atoms with E-state index in [-0.39, 0.29) is 10.5 Å². The molecule has 1 heterocycles. The summed E-state index contributed by atoms with van der Waals surface area (Å²) in [6.07, 6.45) is 0.550. The molecule has 7 nitrogen and oxygen atoms in total. The lowest BCUT2D eigenvalue weighted by Gasteiger charge is -2.15. The second-order valence-electron chi connectivity index (χ2n) is 6.73. The smallest absolute Gasteiger partial charge is 0.343 e.